The van der Waals surface area contributed by atoms with E-state index in [1.165, 1.54) is 0 Å². The lowest BCUT2D eigenvalue weighted by Gasteiger charge is -2.39. The van der Waals surface area contributed by atoms with Crippen LogP contribution in [0.1, 0.15) is 38.5 Å². The number of rotatable bonds is 3. The maximum absolute atomic E-state index is 13.2. The number of hydrogen-bond donors (Lipinski definition) is 2. The summed E-state index contributed by atoms with van der Waals surface area (Å²) in [6, 6.07) is -0.636. The molecule has 2 rings (SSSR count). The number of hydrogen-bond acceptors (Lipinski definition) is 2. The van der Waals surface area contributed by atoms with Crippen LogP contribution >= 0.6 is 0 Å². The van der Waals surface area contributed by atoms with Crippen molar-refractivity contribution in [3.8, 4) is 0 Å². The molecular formula is C10H18F2N2. The van der Waals surface area contributed by atoms with Gasteiger partial charge in [0, 0.05) is 18.5 Å². The van der Waals surface area contributed by atoms with E-state index in [-0.39, 0.29) is 12.0 Å². The second-order valence-corrected chi connectivity index (χ2v) is 4.80. The van der Waals surface area contributed by atoms with Crippen molar-refractivity contribution in [2.75, 3.05) is 6.54 Å². The molecule has 14 heavy (non-hydrogen) atoms. The van der Waals surface area contributed by atoms with Gasteiger partial charge in [0.2, 0.25) is 0 Å². The Morgan fingerprint density at radius 2 is 1.93 bits per heavy atom. The first-order valence-corrected chi connectivity index (χ1v) is 5.42. The van der Waals surface area contributed by atoms with Gasteiger partial charge in [0.05, 0.1) is 6.04 Å². The second-order valence-electron chi connectivity index (χ2n) is 4.80. The lowest BCUT2D eigenvalue weighted by molar-refractivity contribution is -0.0203. The summed E-state index contributed by atoms with van der Waals surface area (Å²) in [5.41, 5.74) is 5.77. The highest BCUT2D eigenvalue weighted by atomic mass is 19.3. The van der Waals surface area contributed by atoms with E-state index in [2.05, 4.69) is 5.32 Å². The molecule has 0 spiro atoms. The summed E-state index contributed by atoms with van der Waals surface area (Å²) < 4.78 is 26.4. The second kappa shape index (κ2) is 3.42. The fraction of sp³-hybridized carbons (Fsp3) is 1.00. The number of halogens is 2. The molecule has 82 valence electrons. The van der Waals surface area contributed by atoms with Crippen LogP contribution in [0.3, 0.4) is 0 Å². The van der Waals surface area contributed by atoms with E-state index in [9.17, 15) is 8.78 Å². The van der Waals surface area contributed by atoms with E-state index in [4.69, 9.17) is 5.73 Å². The van der Waals surface area contributed by atoms with E-state index in [1.54, 1.807) is 0 Å². The maximum atomic E-state index is 13.2. The van der Waals surface area contributed by atoms with E-state index in [0.717, 1.165) is 19.3 Å². The predicted octanol–water partition coefficient (Wildman–Crippen LogP) is 1.65. The topological polar surface area (TPSA) is 38.0 Å². The Hall–Kier alpha value is -0.220. The number of nitrogens with one attached hydrogen (secondary N) is 1. The van der Waals surface area contributed by atoms with Gasteiger partial charge in [-0.1, -0.05) is 0 Å². The van der Waals surface area contributed by atoms with Gasteiger partial charge in [-0.2, -0.15) is 0 Å². The minimum absolute atomic E-state index is 0.0300. The van der Waals surface area contributed by atoms with Gasteiger partial charge in [-0.3, -0.25) is 0 Å². The molecule has 0 bridgehead atoms. The molecule has 0 aromatic carbocycles. The molecule has 0 aromatic heterocycles. The zero-order valence-corrected chi connectivity index (χ0v) is 8.36. The van der Waals surface area contributed by atoms with Gasteiger partial charge in [0.1, 0.15) is 0 Å². The summed E-state index contributed by atoms with van der Waals surface area (Å²) in [7, 11) is 0. The number of nitrogens with two attached hydrogens (primary N) is 1. The van der Waals surface area contributed by atoms with Crippen molar-refractivity contribution < 1.29 is 8.78 Å². The standard InChI is InChI=1S/C10H18F2N2/c11-10(12)6-1-3-8(10)14-7-9(13)4-2-5-9/h8,14H,1-7,13H2. The smallest absolute Gasteiger partial charge is 0.263 e. The third-order valence-corrected chi connectivity index (χ3v) is 3.56. The van der Waals surface area contributed by atoms with Crippen molar-refractivity contribution >= 4 is 0 Å². The lowest BCUT2D eigenvalue weighted by atomic mass is 9.77. The van der Waals surface area contributed by atoms with Crippen molar-refractivity contribution in [1.29, 1.82) is 0 Å². The van der Waals surface area contributed by atoms with E-state index in [1.807, 2.05) is 0 Å². The van der Waals surface area contributed by atoms with Crippen LogP contribution in [0.25, 0.3) is 0 Å². The van der Waals surface area contributed by atoms with Crippen LogP contribution in [0.15, 0.2) is 0 Å². The van der Waals surface area contributed by atoms with Crippen molar-refractivity contribution in [3.63, 3.8) is 0 Å². The fourth-order valence-corrected chi connectivity index (χ4v) is 2.31. The molecule has 2 aliphatic rings. The molecule has 2 fully saturated rings. The molecule has 0 aliphatic heterocycles. The number of alkyl halides is 2. The average Bonchev–Trinajstić information content (AvgIpc) is 2.38. The lowest BCUT2D eigenvalue weighted by Crippen LogP contribution is -2.57. The van der Waals surface area contributed by atoms with Crippen LogP contribution in [-0.4, -0.2) is 24.0 Å². The highest BCUT2D eigenvalue weighted by Gasteiger charge is 2.44. The third kappa shape index (κ3) is 1.91. The molecule has 0 aromatic rings. The zero-order valence-electron chi connectivity index (χ0n) is 8.36. The Bertz CT molecular complexity index is 214. The van der Waals surface area contributed by atoms with Gasteiger partial charge in [-0.15, -0.1) is 0 Å². The van der Waals surface area contributed by atoms with Gasteiger partial charge in [0.25, 0.3) is 5.92 Å². The molecule has 1 atom stereocenters. The van der Waals surface area contributed by atoms with Gasteiger partial charge in [0.15, 0.2) is 0 Å². The first-order chi connectivity index (χ1) is 6.52. The maximum Gasteiger partial charge on any atom is 0.263 e. The molecular weight excluding hydrogens is 186 g/mol. The Kier molecular flexibility index (Phi) is 2.52. The van der Waals surface area contributed by atoms with Gasteiger partial charge in [-0.05, 0) is 32.1 Å². The van der Waals surface area contributed by atoms with Crippen molar-refractivity contribution in [2.24, 2.45) is 5.73 Å². The van der Waals surface area contributed by atoms with Crippen LogP contribution in [0.4, 0.5) is 8.78 Å². The van der Waals surface area contributed by atoms with Gasteiger partial charge >= 0.3 is 0 Å². The largest absolute Gasteiger partial charge is 0.324 e. The minimum atomic E-state index is -2.51. The van der Waals surface area contributed by atoms with Crippen LogP contribution in [0.2, 0.25) is 0 Å². The normalized spacial score (nSPS) is 34.1. The summed E-state index contributed by atoms with van der Waals surface area (Å²) in [4.78, 5) is 0. The molecule has 0 amide bonds. The highest BCUT2D eigenvalue weighted by molar-refractivity contribution is 4.98. The molecule has 0 radical (unpaired) electrons. The van der Waals surface area contributed by atoms with Crippen LogP contribution < -0.4 is 11.1 Å². The van der Waals surface area contributed by atoms with Crippen LogP contribution in [-0.2, 0) is 0 Å². The quantitative estimate of drug-likeness (QED) is 0.733. The molecule has 2 nitrogen and oxygen atoms in total. The SMILES string of the molecule is NC1(CNC2CCCC2(F)F)CCC1. The van der Waals surface area contributed by atoms with Gasteiger partial charge in [-0.25, -0.2) is 8.78 Å². The summed E-state index contributed by atoms with van der Waals surface area (Å²) in [6.07, 6.45) is 4.32. The monoisotopic (exact) mass is 204 g/mol. The summed E-state index contributed by atoms with van der Waals surface area (Å²) in [5.74, 6) is -2.51. The summed E-state index contributed by atoms with van der Waals surface area (Å²) in [5, 5.41) is 2.94. The Morgan fingerprint density at radius 3 is 2.36 bits per heavy atom. The van der Waals surface area contributed by atoms with Crippen molar-refractivity contribution in [3.05, 3.63) is 0 Å². The minimum Gasteiger partial charge on any atom is -0.324 e. The first-order valence-electron chi connectivity index (χ1n) is 5.42. The fourth-order valence-electron chi connectivity index (χ4n) is 2.31. The third-order valence-electron chi connectivity index (χ3n) is 3.56. The van der Waals surface area contributed by atoms with Gasteiger partial charge < -0.3 is 11.1 Å². The Labute approximate surface area is 83.2 Å². The zero-order chi connectivity index (χ0) is 10.2. The summed E-state index contributed by atoms with van der Waals surface area (Å²) in [6.45, 7) is 0.549. The molecule has 0 heterocycles. The molecule has 2 saturated carbocycles. The van der Waals surface area contributed by atoms with E-state index < -0.39 is 12.0 Å². The summed E-state index contributed by atoms with van der Waals surface area (Å²) >= 11 is 0. The average molecular weight is 204 g/mol. The Balaban J connectivity index is 1.80. The van der Waals surface area contributed by atoms with E-state index >= 15 is 0 Å². The molecule has 4 heteroatoms. The van der Waals surface area contributed by atoms with Crippen LogP contribution in [0.5, 0.6) is 0 Å². The highest BCUT2D eigenvalue weighted by Crippen LogP contribution is 2.36. The first kappa shape index (κ1) is 10.3. The van der Waals surface area contributed by atoms with Crippen molar-refractivity contribution in [1.82, 2.24) is 5.32 Å². The molecule has 1 unspecified atom stereocenters. The predicted molar refractivity (Wildman–Crippen MR) is 51.4 cm³/mol. The van der Waals surface area contributed by atoms with E-state index in [0.29, 0.717) is 19.4 Å². The molecule has 3 N–H and O–H groups in total. The van der Waals surface area contributed by atoms with Crippen LogP contribution in [0, 0.1) is 0 Å². The van der Waals surface area contributed by atoms with Crippen molar-refractivity contribution in [2.45, 2.75) is 56.0 Å². The molecule has 2 aliphatic carbocycles. The molecule has 0 saturated heterocycles. The Morgan fingerprint density at radius 1 is 1.21 bits per heavy atom.